The van der Waals surface area contributed by atoms with E-state index < -0.39 is 0 Å². The number of nitrogens with zero attached hydrogens (tertiary/aromatic N) is 1. The van der Waals surface area contributed by atoms with E-state index in [4.69, 9.17) is 15.2 Å². The van der Waals surface area contributed by atoms with Crippen molar-refractivity contribution in [3.63, 3.8) is 0 Å². The highest BCUT2D eigenvalue weighted by molar-refractivity contribution is 5.50. The number of likely N-dealkylation sites (tertiary alicyclic amines) is 1. The molecule has 0 aromatic heterocycles. The summed E-state index contributed by atoms with van der Waals surface area (Å²) in [7, 11) is 2.18. The fraction of sp³-hybridized carbons (Fsp3) is 0.600. The van der Waals surface area contributed by atoms with E-state index in [2.05, 4.69) is 31.0 Å². The topological polar surface area (TPSA) is 47.7 Å². The third-order valence-electron chi connectivity index (χ3n) is 4.34. The van der Waals surface area contributed by atoms with Gasteiger partial charge in [0.25, 0.3) is 0 Å². The summed E-state index contributed by atoms with van der Waals surface area (Å²) in [5.74, 6) is 2.37. The molecule has 1 aromatic rings. The van der Waals surface area contributed by atoms with E-state index in [-0.39, 0.29) is 0 Å². The second-order valence-electron chi connectivity index (χ2n) is 5.55. The molecule has 19 heavy (non-hydrogen) atoms. The molecule has 2 aliphatic rings. The van der Waals surface area contributed by atoms with Gasteiger partial charge >= 0.3 is 0 Å². The average Bonchev–Trinajstić information content (AvgIpc) is 3.02. The van der Waals surface area contributed by atoms with Crippen molar-refractivity contribution >= 4 is 0 Å². The van der Waals surface area contributed by atoms with Gasteiger partial charge in [0.15, 0.2) is 11.5 Å². The summed E-state index contributed by atoms with van der Waals surface area (Å²) in [6.07, 6.45) is 2.16. The van der Waals surface area contributed by atoms with Crippen LogP contribution in [-0.4, -0.2) is 31.8 Å². The molecule has 1 aromatic carbocycles. The van der Waals surface area contributed by atoms with Crippen molar-refractivity contribution in [2.24, 2.45) is 11.7 Å². The summed E-state index contributed by atoms with van der Waals surface area (Å²) in [5, 5.41) is 0. The first kappa shape index (κ1) is 12.8. The van der Waals surface area contributed by atoms with Crippen LogP contribution in [-0.2, 0) is 6.42 Å². The van der Waals surface area contributed by atoms with Crippen molar-refractivity contribution in [2.75, 3.05) is 26.9 Å². The van der Waals surface area contributed by atoms with E-state index in [1.165, 1.54) is 11.1 Å². The molecule has 4 heteroatoms. The van der Waals surface area contributed by atoms with Gasteiger partial charge in [-0.1, -0.05) is 6.92 Å². The largest absolute Gasteiger partial charge is 0.454 e. The minimum Gasteiger partial charge on any atom is -0.454 e. The van der Waals surface area contributed by atoms with Crippen molar-refractivity contribution in [3.8, 4) is 11.5 Å². The van der Waals surface area contributed by atoms with Crippen molar-refractivity contribution in [1.82, 2.24) is 4.90 Å². The van der Waals surface area contributed by atoms with E-state index in [0.717, 1.165) is 37.4 Å². The van der Waals surface area contributed by atoms with Gasteiger partial charge in [-0.2, -0.15) is 0 Å². The number of hydrogen-bond donors (Lipinski definition) is 1. The molecule has 0 saturated carbocycles. The monoisotopic (exact) mass is 262 g/mol. The van der Waals surface area contributed by atoms with Crippen molar-refractivity contribution < 1.29 is 9.47 Å². The second kappa shape index (κ2) is 5.02. The average molecular weight is 262 g/mol. The van der Waals surface area contributed by atoms with E-state index >= 15 is 0 Å². The number of aryl methyl sites for hydroxylation is 1. The lowest BCUT2D eigenvalue weighted by molar-refractivity contribution is 0.174. The highest BCUT2D eigenvalue weighted by atomic mass is 16.7. The number of ether oxygens (including phenoxy) is 2. The molecule has 1 saturated heterocycles. The van der Waals surface area contributed by atoms with Crippen LogP contribution in [0.25, 0.3) is 0 Å². The first-order chi connectivity index (χ1) is 9.22. The van der Waals surface area contributed by atoms with Crippen LogP contribution in [0.3, 0.4) is 0 Å². The van der Waals surface area contributed by atoms with Crippen LogP contribution in [0.5, 0.6) is 11.5 Å². The lowest BCUT2D eigenvalue weighted by atomic mass is 9.94. The molecule has 2 N–H and O–H groups in total. The zero-order valence-electron chi connectivity index (χ0n) is 11.7. The van der Waals surface area contributed by atoms with Crippen molar-refractivity contribution in [3.05, 3.63) is 23.3 Å². The van der Waals surface area contributed by atoms with E-state index in [1.807, 2.05) is 0 Å². The Bertz CT molecular complexity index is 475. The van der Waals surface area contributed by atoms with E-state index in [0.29, 0.717) is 18.8 Å². The summed E-state index contributed by atoms with van der Waals surface area (Å²) in [6, 6.07) is 4.76. The van der Waals surface area contributed by atoms with Gasteiger partial charge in [0.2, 0.25) is 6.79 Å². The second-order valence-corrected chi connectivity index (χ2v) is 5.55. The highest BCUT2D eigenvalue weighted by Gasteiger charge is 2.32. The summed E-state index contributed by atoms with van der Waals surface area (Å²) < 4.78 is 11.0. The molecule has 3 rings (SSSR count). The molecule has 0 spiro atoms. The summed E-state index contributed by atoms with van der Waals surface area (Å²) in [5.41, 5.74) is 8.57. The van der Waals surface area contributed by atoms with Gasteiger partial charge in [0, 0.05) is 12.6 Å². The Morgan fingerprint density at radius 1 is 1.32 bits per heavy atom. The lowest BCUT2D eigenvalue weighted by Crippen LogP contribution is -2.21. The van der Waals surface area contributed by atoms with Gasteiger partial charge in [-0.25, -0.2) is 0 Å². The molecular weight excluding hydrogens is 240 g/mol. The van der Waals surface area contributed by atoms with Crippen LogP contribution >= 0.6 is 0 Å². The maximum absolute atomic E-state index is 5.83. The fourth-order valence-corrected chi connectivity index (χ4v) is 3.26. The fourth-order valence-electron chi connectivity index (χ4n) is 3.26. The Kier molecular flexibility index (Phi) is 3.37. The zero-order chi connectivity index (χ0) is 13.4. The van der Waals surface area contributed by atoms with Crippen LogP contribution in [0.2, 0.25) is 0 Å². The Morgan fingerprint density at radius 3 is 2.68 bits per heavy atom. The third kappa shape index (κ3) is 2.19. The SMILES string of the molecule is CCc1cc2c(cc1C1CC(CN)CN1C)OCO2. The van der Waals surface area contributed by atoms with Gasteiger partial charge in [0.05, 0.1) is 0 Å². The lowest BCUT2D eigenvalue weighted by Gasteiger charge is -2.22. The molecule has 1 fully saturated rings. The Morgan fingerprint density at radius 2 is 2.05 bits per heavy atom. The Hall–Kier alpha value is -1.26. The molecule has 0 bridgehead atoms. The van der Waals surface area contributed by atoms with Gasteiger partial charge < -0.3 is 15.2 Å². The van der Waals surface area contributed by atoms with Crippen LogP contribution in [0.1, 0.15) is 30.5 Å². The molecule has 2 unspecified atom stereocenters. The predicted molar refractivity (Wildman–Crippen MR) is 74.5 cm³/mol. The first-order valence-electron chi connectivity index (χ1n) is 7.05. The molecule has 2 aliphatic heterocycles. The summed E-state index contributed by atoms with van der Waals surface area (Å²) in [4.78, 5) is 2.41. The van der Waals surface area contributed by atoms with Gasteiger partial charge in [-0.05, 0) is 55.6 Å². The van der Waals surface area contributed by atoms with Gasteiger partial charge in [-0.3, -0.25) is 4.90 Å². The van der Waals surface area contributed by atoms with E-state index in [9.17, 15) is 0 Å². The number of nitrogens with two attached hydrogens (primary N) is 1. The molecule has 0 aliphatic carbocycles. The molecule has 104 valence electrons. The highest BCUT2D eigenvalue weighted by Crippen LogP contribution is 2.42. The van der Waals surface area contributed by atoms with Gasteiger partial charge in [0.1, 0.15) is 0 Å². The first-order valence-corrected chi connectivity index (χ1v) is 7.05. The predicted octanol–water partition coefficient (Wildman–Crippen LogP) is 1.93. The molecule has 2 atom stereocenters. The van der Waals surface area contributed by atoms with Crippen molar-refractivity contribution in [2.45, 2.75) is 25.8 Å². The maximum Gasteiger partial charge on any atom is 0.231 e. The van der Waals surface area contributed by atoms with Crippen molar-refractivity contribution in [1.29, 1.82) is 0 Å². The van der Waals surface area contributed by atoms with Crippen LogP contribution in [0.15, 0.2) is 12.1 Å². The third-order valence-corrected chi connectivity index (χ3v) is 4.34. The number of hydrogen-bond acceptors (Lipinski definition) is 4. The zero-order valence-corrected chi connectivity index (χ0v) is 11.7. The molecule has 0 radical (unpaired) electrons. The van der Waals surface area contributed by atoms with Crippen LogP contribution in [0.4, 0.5) is 0 Å². The molecule has 0 amide bonds. The quantitative estimate of drug-likeness (QED) is 0.904. The van der Waals surface area contributed by atoms with Gasteiger partial charge in [-0.15, -0.1) is 0 Å². The standard InChI is InChI=1S/C15H22N2O2/c1-3-11-5-14-15(19-9-18-14)6-12(11)13-4-10(7-16)8-17(13)2/h5-6,10,13H,3-4,7-9,16H2,1-2H3. The Balaban J connectivity index is 1.95. The summed E-state index contributed by atoms with van der Waals surface area (Å²) in [6.45, 7) is 4.38. The van der Waals surface area contributed by atoms with Crippen LogP contribution in [0, 0.1) is 5.92 Å². The molecule has 4 nitrogen and oxygen atoms in total. The molecule has 2 heterocycles. The minimum atomic E-state index is 0.341. The molecular formula is C15H22N2O2. The van der Waals surface area contributed by atoms with E-state index in [1.54, 1.807) is 0 Å². The number of benzene rings is 1. The maximum atomic E-state index is 5.83. The summed E-state index contributed by atoms with van der Waals surface area (Å²) >= 11 is 0. The van der Waals surface area contributed by atoms with Crippen LogP contribution < -0.4 is 15.2 Å². The minimum absolute atomic E-state index is 0.341. The number of rotatable bonds is 3. The normalized spacial score (nSPS) is 26.1. The smallest absolute Gasteiger partial charge is 0.231 e. The number of fused-ring (bicyclic) bond motifs is 1. The Labute approximate surface area is 114 Å².